The third-order valence-electron chi connectivity index (χ3n) is 5.76. The van der Waals surface area contributed by atoms with Crippen LogP contribution >= 0.6 is 0 Å². The van der Waals surface area contributed by atoms with E-state index in [1.54, 1.807) is 0 Å². The van der Waals surface area contributed by atoms with Crippen molar-refractivity contribution in [3.63, 3.8) is 0 Å². The Morgan fingerprint density at radius 2 is 1.91 bits per heavy atom. The molecule has 184 valence electrons. The van der Waals surface area contributed by atoms with Crippen LogP contribution in [-0.4, -0.2) is 41.3 Å². The second-order valence-corrected chi connectivity index (χ2v) is 7.80. The monoisotopic (exact) mass is 491 g/mol. The largest absolute Gasteiger partial charge is 0.434 e. The van der Waals surface area contributed by atoms with E-state index in [0.29, 0.717) is 6.07 Å². The van der Waals surface area contributed by atoms with E-state index in [1.807, 2.05) is 0 Å². The van der Waals surface area contributed by atoms with Crippen molar-refractivity contribution < 1.29 is 45.4 Å². The summed E-state index contributed by atoms with van der Waals surface area (Å²) in [7, 11) is 0. The lowest BCUT2D eigenvalue weighted by Crippen LogP contribution is -2.47. The van der Waals surface area contributed by atoms with Crippen LogP contribution in [0, 0.1) is 11.7 Å². The fourth-order valence-corrected chi connectivity index (χ4v) is 3.86. The predicted octanol–water partition coefficient (Wildman–Crippen LogP) is 4.00. The van der Waals surface area contributed by atoms with Crippen molar-refractivity contribution >= 4 is 17.5 Å². The summed E-state index contributed by atoms with van der Waals surface area (Å²) in [4.78, 5) is 28.0. The van der Waals surface area contributed by atoms with E-state index in [-0.39, 0.29) is 16.9 Å². The molecule has 0 bridgehead atoms. The molecule has 0 spiro atoms. The van der Waals surface area contributed by atoms with Crippen molar-refractivity contribution in [3.05, 3.63) is 53.6 Å². The molecule has 7 nitrogen and oxygen atoms in total. The number of carbonyl (C=O) groups excluding carboxylic acids is 2. The van der Waals surface area contributed by atoms with E-state index in [2.05, 4.69) is 15.0 Å². The minimum atomic E-state index is -4.95. The number of benzene rings is 1. The van der Waals surface area contributed by atoms with Crippen molar-refractivity contribution in [2.75, 3.05) is 5.32 Å². The highest BCUT2D eigenvalue weighted by molar-refractivity contribution is 5.97. The van der Waals surface area contributed by atoms with Gasteiger partial charge in [0.15, 0.2) is 5.60 Å². The van der Waals surface area contributed by atoms with Gasteiger partial charge in [0.2, 0.25) is 0 Å². The smallest absolute Gasteiger partial charge is 0.417 e. The Labute approximate surface area is 189 Å². The quantitative estimate of drug-likeness (QED) is 0.595. The molecule has 0 saturated carbocycles. The van der Waals surface area contributed by atoms with Crippen molar-refractivity contribution in [2.24, 2.45) is 11.7 Å². The third-order valence-corrected chi connectivity index (χ3v) is 5.76. The number of halogens is 6. The first-order valence-electron chi connectivity index (χ1n) is 9.80. The van der Waals surface area contributed by atoms with Crippen LogP contribution in [-0.2, 0) is 9.53 Å². The summed E-state index contributed by atoms with van der Waals surface area (Å²) in [6.07, 6.45) is -5.66. The highest BCUT2D eigenvalue weighted by Gasteiger charge is 2.65. The molecule has 1 aliphatic rings. The van der Waals surface area contributed by atoms with Gasteiger partial charge in [0.25, 0.3) is 11.8 Å². The van der Waals surface area contributed by atoms with Crippen LogP contribution in [0.4, 0.5) is 32.0 Å². The molecule has 1 aliphatic heterocycles. The summed E-state index contributed by atoms with van der Waals surface area (Å²) in [5, 5.41) is 2.32. The van der Waals surface area contributed by atoms with Gasteiger partial charge >= 0.3 is 12.8 Å². The van der Waals surface area contributed by atoms with Crippen molar-refractivity contribution in [2.45, 2.75) is 44.3 Å². The van der Waals surface area contributed by atoms with Gasteiger partial charge in [-0.25, -0.2) is 4.39 Å². The molecule has 34 heavy (non-hydrogen) atoms. The Hall–Kier alpha value is -3.35. The predicted molar refractivity (Wildman–Crippen MR) is 106 cm³/mol. The van der Waals surface area contributed by atoms with Crippen LogP contribution in [0.1, 0.15) is 35.8 Å². The zero-order chi connectivity index (χ0) is 25.4. The molecule has 1 aromatic carbocycles. The van der Waals surface area contributed by atoms with Crippen molar-refractivity contribution in [3.8, 4) is 5.75 Å². The molecule has 13 heteroatoms. The molecular weight excluding hydrogens is 472 g/mol. The fraction of sp³-hybridized carbons (Fsp3) is 0.381. The molecule has 3 rings (SSSR count). The zero-order valence-corrected chi connectivity index (χ0v) is 17.7. The summed E-state index contributed by atoms with van der Waals surface area (Å²) in [6.45, 7) is -1.53. The first-order chi connectivity index (χ1) is 15.7. The van der Waals surface area contributed by atoms with Crippen molar-refractivity contribution in [1.29, 1.82) is 0 Å². The highest BCUT2D eigenvalue weighted by Crippen LogP contribution is 2.54. The average molecular weight is 491 g/mol. The van der Waals surface area contributed by atoms with Gasteiger partial charge in [-0.1, -0.05) is 13.0 Å². The van der Waals surface area contributed by atoms with Gasteiger partial charge in [-0.2, -0.15) is 22.0 Å². The van der Waals surface area contributed by atoms with E-state index in [4.69, 9.17) is 10.5 Å². The number of alkyl halides is 5. The van der Waals surface area contributed by atoms with E-state index < -0.39 is 59.7 Å². The number of ether oxygens (including phenoxy) is 2. The SMILES string of the molecule is C[C@@H]1[C@@H](c2ccc(F)cc2OC(F)F)[C@H](C(=O)Nc2ccnc(C(N)=O)c2)O[C@@]1(C)C(F)(F)F. The summed E-state index contributed by atoms with van der Waals surface area (Å²) in [5.41, 5.74) is 1.77. The van der Waals surface area contributed by atoms with Crippen LogP contribution in [0.15, 0.2) is 36.5 Å². The molecule has 2 amide bonds. The molecule has 2 heterocycles. The molecule has 1 aromatic heterocycles. The number of hydrogen-bond donors (Lipinski definition) is 2. The number of rotatable bonds is 6. The Morgan fingerprint density at radius 1 is 1.24 bits per heavy atom. The lowest BCUT2D eigenvalue weighted by Gasteiger charge is -2.32. The van der Waals surface area contributed by atoms with E-state index in [9.17, 15) is 35.9 Å². The normalized spacial score (nSPS) is 24.8. The van der Waals surface area contributed by atoms with Gasteiger partial charge in [0.1, 0.15) is 23.4 Å². The first-order valence-corrected chi connectivity index (χ1v) is 9.80. The molecular formula is C21H19F6N3O4. The number of hydrogen-bond acceptors (Lipinski definition) is 5. The van der Waals surface area contributed by atoms with Crippen LogP contribution in [0.5, 0.6) is 5.75 Å². The second kappa shape index (κ2) is 9.12. The molecule has 3 N–H and O–H groups in total. The van der Waals surface area contributed by atoms with Gasteiger partial charge < -0.3 is 20.5 Å². The summed E-state index contributed by atoms with van der Waals surface area (Å²) < 4.78 is 90.9. The van der Waals surface area contributed by atoms with Crippen LogP contribution in [0.25, 0.3) is 0 Å². The van der Waals surface area contributed by atoms with E-state index in [1.165, 1.54) is 6.07 Å². The number of nitrogens with zero attached hydrogens (tertiary/aromatic N) is 1. The number of pyridine rings is 1. The lowest BCUT2D eigenvalue weighted by atomic mass is 9.77. The molecule has 0 radical (unpaired) electrons. The number of nitrogens with two attached hydrogens (primary N) is 1. The van der Waals surface area contributed by atoms with Gasteiger partial charge in [-0.05, 0) is 25.1 Å². The minimum Gasteiger partial charge on any atom is -0.434 e. The topological polar surface area (TPSA) is 104 Å². The van der Waals surface area contributed by atoms with Crippen LogP contribution in [0.2, 0.25) is 0 Å². The number of anilines is 1. The molecule has 0 aliphatic carbocycles. The maximum absolute atomic E-state index is 13.9. The maximum atomic E-state index is 13.9. The average Bonchev–Trinajstić information content (AvgIpc) is 3.00. The Balaban J connectivity index is 2.06. The Morgan fingerprint density at radius 3 is 2.50 bits per heavy atom. The van der Waals surface area contributed by atoms with Crippen LogP contribution < -0.4 is 15.8 Å². The van der Waals surface area contributed by atoms with Gasteiger partial charge in [-0.15, -0.1) is 0 Å². The van der Waals surface area contributed by atoms with E-state index >= 15 is 0 Å². The summed E-state index contributed by atoms with van der Waals surface area (Å²) in [5.74, 6) is -6.62. The lowest BCUT2D eigenvalue weighted by molar-refractivity contribution is -0.272. The number of primary amides is 1. The van der Waals surface area contributed by atoms with Gasteiger partial charge in [0, 0.05) is 35.3 Å². The molecule has 1 saturated heterocycles. The molecule has 4 atom stereocenters. The summed E-state index contributed by atoms with van der Waals surface area (Å²) in [6, 6.07) is 4.76. The fourth-order valence-electron chi connectivity index (χ4n) is 3.86. The maximum Gasteiger partial charge on any atom is 0.417 e. The second-order valence-electron chi connectivity index (χ2n) is 7.80. The standard InChI is InChI=1S/C21H19F6N3O4/c1-9-15(12-4-3-10(22)7-14(12)33-19(23)24)16(34-20(9,2)21(25,26)27)18(32)30-11-5-6-29-13(8-11)17(28)31/h3-9,15-16,19H,1-2H3,(H2,28,31)(H,29,30,32)/t9-,15+,16-,20-/m1/s1. The third kappa shape index (κ3) is 4.79. The number of carbonyl (C=O) groups is 2. The summed E-state index contributed by atoms with van der Waals surface area (Å²) >= 11 is 0. The van der Waals surface area contributed by atoms with E-state index in [0.717, 1.165) is 38.2 Å². The molecule has 1 fully saturated rings. The Kier molecular flexibility index (Phi) is 6.78. The number of amides is 2. The van der Waals surface area contributed by atoms with Gasteiger partial charge in [-0.3, -0.25) is 14.6 Å². The number of aromatic nitrogens is 1. The highest BCUT2D eigenvalue weighted by atomic mass is 19.4. The zero-order valence-electron chi connectivity index (χ0n) is 17.7. The Bertz CT molecular complexity index is 1100. The van der Waals surface area contributed by atoms with Crippen LogP contribution in [0.3, 0.4) is 0 Å². The molecule has 0 unspecified atom stereocenters. The van der Waals surface area contributed by atoms with Gasteiger partial charge in [0.05, 0.1) is 0 Å². The van der Waals surface area contributed by atoms with Crippen molar-refractivity contribution in [1.82, 2.24) is 4.98 Å². The minimum absolute atomic E-state index is 0.0208. The first kappa shape index (κ1) is 25.3. The number of nitrogens with one attached hydrogen (secondary N) is 1. The molecule has 2 aromatic rings.